The summed E-state index contributed by atoms with van der Waals surface area (Å²) in [7, 11) is 0. The van der Waals surface area contributed by atoms with E-state index in [0.717, 1.165) is 36.6 Å². The molecule has 0 unspecified atom stereocenters. The Morgan fingerprint density at radius 3 is 2.71 bits per heavy atom. The van der Waals surface area contributed by atoms with Gasteiger partial charge in [-0.25, -0.2) is 0 Å². The van der Waals surface area contributed by atoms with E-state index in [1.165, 1.54) is 34.8 Å². The second-order valence-corrected chi connectivity index (χ2v) is 8.14. The maximum Gasteiger partial charge on any atom is 0.274 e. The van der Waals surface area contributed by atoms with Crippen LogP contribution in [0.4, 0.5) is 5.13 Å². The molecule has 1 aliphatic rings. The van der Waals surface area contributed by atoms with Crippen LogP contribution in [-0.2, 0) is 6.54 Å². The number of halogens is 1. The first-order valence-corrected chi connectivity index (χ1v) is 10.5. The molecule has 3 aromatic rings. The monoisotopic (exact) mass is 417 g/mol. The van der Waals surface area contributed by atoms with Gasteiger partial charge >= 0.3 is 0 Å². The van der Waals surface area contributed by atoms with Crippen molar-refractivity contribution in [3.05, 3.63) is 57.0 Å². The molecular formula is C19H20ClN5O2S. The lowest BCUT2D eigenvalue weighted by molar-refractivity contribution is 0.0943. The average Bonchev–Trinajstić information content (AvgIpc) is 2.91. The van der Waals surface area contributed by atoms with E-state index >= 15 is 0 Å². The van der Waals surface area contributed by atoms with Crippen LogP contribution in [0.2, 0.25) is 5.02 Å². The molecule has 1 N–H and O–H groups in total. The lowest BCUT2D eigenvalue weighted by Gasteiger charge is -2.17. The molecule has 4 rings (SSSR count). The Morgan fingerprint density at radius 2 is 1.96 bits per heavy atom. The van der Waals surface area contributed by atoms with Gasteiger partial charge in [0, 0.05) is 30.7 Å². The van der Waals surface area contributed by atoms with Gasteiger partial charge in [0.25, 0.3) is 11.5 Å². The number of hydrogen-bond acceptors (Lipinski definition) is 6. The molecule has 1 fully saturated rings. The summed E-state index contributed by atoms with van der Waals surface area (Å²) in [5.74, 6) is -0.373. The third-order valence-electron chi connectivity index (χ3n) is 4.69. The van der Waals surface area contributed by atoms with Gasteiger partial charge in [0.2, 0.25) is 10.1 Å². The zero-order chi connectivity index (χ0) is 19.5. The lowest BCUT2D eigenvalue weighted by Crippen LogP contribution is -2.28. The van der Waals surface area contributed by atoms with Gasteiger partial charge in [-0.1, -0.05) is 47.9 Å². The van der Waals surface area contributed by atoms with Crippen molar-refractivity contribution in [2.45, 2.75) is 32.2 Å². The topological polar surface area (TPSA) is 79.6 Å². The van der Waals surface area contributed by atoms with Crippen LogP contribution in [0.3, 0.4) is 0 Å². The molecule has 0 saturated carbocycles. The second kappa shape index (κ2) is 8.28. The molecular weight excluding hydrogens is 398 g/mol. The Balaban J connectivity index is 1.60. The lowest BCUT2D eigenvalue weighted by atomic mass is 10.2. The van der Waals surface area contributed by atoms with Crippen LogP contribution in [0, 0.1) is 0 Å². The number of carbonyl (C=O) groups excluding carboxylic acids is 1. The van der Waals surface area contributed by atoms with E-state index in [1.807, 2.05) is 12.1 Å². The SMILES string of the molecule is O=C(NCc1cccc(Cl)c1)c1cc(=O)nc2sc(N3CCCCCC3)nn12. The molecule has 1 amide bonds. The first kappa shape index (κ1) is 18.9. The fourth-order valence-electron chi connectivity index (χ4n) is 3.28. The van der Waals surface area contributed by atoms with Crippen molar-refractivity contribution >= 4 is 38.9 Å². The average molecular weight is 418 g/mol. The number of aromatic nitrogens is 3. The maximum absolute atomic E-state index is 12.7. The minimum Gasteiger partial charge on any atom is -0.347 e. The van der Waals surface area contributed by atoms with Gasteiger partial charge in [-0.05, 0) is 30.5 Å². The highest BCUT2D eigenvalue weighted by Crippen LogP contribution is 2.25. The van der Waals surface area contributed by atoms with Crippen molar-refractivity contribution in [3.63, 3.8) is 0 Å². The van der Waals surface area contributed by atoms with Gasteiger partial charge < -0.3 is 10.2 Å². The van der Waals surface area contributed by atoms with E-state index in [2.05, 4.69) is 20.3 Å². The van der Waals surface area contributed by atoms with Crippen LogP contribution >= 0.6 is 22.9 Å². The summed E-state index contributed by atoms with van der Waals surface area (Å²) >= 11 is 7.33. The Morgan fingerprint density at radius 1 is 1.18 bits per heavy atom. The first-order chi connectivity index (χ1) is 13.6. The molecule has 1 aliphatic heterocycles. The number of benzene rings is 1. The van der Waals surface area contributed by atoms with Crippen molar-refractivity contribution in [1.29, 1.82) is 0 Å². The molecule has 7 nitrogen and oxygen atoms in total. The molecule has 0 radical (unpaired) electrons. The summed E-state index contributed by atoms with van der Waals surface area (Å²) in [4.78, 5) is 31.4. The Bertz CT molecular complexity index is 1060. The van der Waals surface area contributed by atoms with E-state index < -0.39 is 5.56 Å². The van der Waals surface area contributed by atoms with Gasteiger partial charge in [-0.2, -0.15) is 9.50 Å². The first-order valence-electron chi connectivity index (χ1n) is 9.29. The highest BCUT2D eigenvalue weighted by molar-refractivity contribution is 7.20. The number of hydrogen-bond donors (Lipinski definition) is 1. The number of amides is 1. The fourth-order valence-corrected chi connectivity index (χ4v) is 4.45. The van der Waals surface area contributed by atoms with Gasteiger partial charge in [-0.15, -0.1) is 5.10 Å². The molecule has 2 aromatic heterocycles. The van der Waals surface area contributed by atoms with E-state index in [4.69, 9.17) is 11.6 Å². The Hall–Kier alpha value is -2.45. The summed E-state index contributed by atoms with van der Waals surface area (Å²) in [6.45, 7) is 2.17. The van der Waals surface area contributed by atoms with Crippen LogP contribution < -0.4 is 15.8 Å². The molecule has 3 heterocycles. The van der Waals surface area contributed by atoms with Crippen molar-refractivity contribution in [1.82, 2.24) is 19.9 Å². The van der Waals surface area contributed by atoms with Gasteiger partial charge in [-0.3, -0.25) is 9.59 Å². The van der Waals surface area contributed by atoms with Crippen LogP contribution in [0.5, 0.6) is 0 Å². The molecule has 0 atom stereocenters. The molecule has 0 bridgehead atoms. The van der Waals surface area contributed by atoms with Crippen molar-refractivity contribution in [2.75, 3.05) is 18.0 Å². The summed E-state index contributed by atoms with van der Waals surface area (Å²) in [5, 5.41) is 8.82. The zero-order valence-electron chi connectivity index (χ0n) is 15.2. The maximum atomic E-state index is 12.7. The van der Waals surface area contributed by atoms with E-state index in [-0.39, 0.29) is 11.6 Å². The molecule has 146 valence electrons. The van der Waals surface area contributed by atoms with Crippen molar-refractivity contribution < 1.29 is 4.79 Å². The molecule has 0 aliphatic carbocycles. The van der Waals surface area contributed by atoms with E-state index in [9.17, 15) is 9.59 Å². The molecule has 28 heavy (non-hydrogen) atoms. The predicted molar refractivity (Wildman–Crippen MR) is 110 cm³/mol. The molecule has 1 saturated heterocycles. The molecule has 9 heteroatoms. The summed E-state index contributed by atoms with van der Waals surface area (Å²) in [5.41, 5.74) is 0.621. The summed E-state index contributed by atoms with van der Waals surface area (Å²) in [6.07, 6.45) is 4.67. The number of rotatable bonds is 4. The smallest absolute Gasteiger partial charge is 0.274 e. The van der Waals surface area contributed by atoms with Gasteiger partial charge in [0.15, 0.2) is 0 Å². The highest BCUT2D eigenvalue weighted by Gasteiger charge is 2.19. The van der Waals surface area contributed by atoms with Gasteiger partial charge in [0.1, 0.15) is 5.69 Å². The zero-order valence-corrected chi connectivity index (χ0v) is 16.8. The quantitative estimate of drug-likeness (QED) is 0.705. The van der Waals surface area contributed by atoms with Crippen molar-refractivity contribution in [3.8, 4) is 0 Å². The molecule has 1 aromatic carbocycles. The second-order valence-electron chi connectivity index (χ2n) is 6.77. The summed E-state index contributed by atoms with van der Waals surface area (Å²) in [6, 6.07) is 8.49. The van der Waals surface area contributed by atoms with Crippen LogP contribution in [0.15, 0.2) is 35.1 Å². The third-order valence-corrected chi connectivity index (χ3v) is 5.90. The van der Waals surface area contributed by atoms with Crippen LogP contribution in [0.1, 0.15) is 41.7 Å². The standard InChI is InChI=1S/C19H20ClN5O2S/c20-14-7-5-6-13(10-14)12-21-17(27)15-11-16(26)22-18-25(15)23-19(28-18)24-8-3-1-2-4-9-24/h5-7,10-11H,1-4,8-9,12H2,(H,21,27). The summed E-state index contributed by atoms with van der Waals surface area (Å²) < 4.78 is 1.47. The number of fused-ring (bicyclic) bond motifs is 1. The minimum atomic E-state index is -0.445. The number of nitrogens with one attached hydrogen (secondary N) is 1. The third kappa shape index (κ3) is 4.18. The number of carbonyl (C=O) groups is 1. The Kier molecular flexibility index (Phi) is 5.59. The largest absolute Gasteiger partial charge is 0.347 e. The van der Waals surface area contributed by atoms with E-state index in [1.54, 1.807) is 12.1 Å². The highest BCUT2D eigenvalue weighted by atomic mass is 35.5. The number of anilines is 1. The van der Waals surface area contributed by atoms with Crippen molar-refractivity contribution in [2.24, 2.45) is 0 Å². The number of nitrogens with zero attached hydrogens (tertiary/aromatic N) is 4. The minimum absolute atomic E-state index is 0.189. The normalized spacial score (nSPS) is 14.8. The van der Waals surface area contributed by atoms with E-state index in [0.29, 0.717) is 16.5 Å². The van der Waals surface area contributed by atoms with Crippen LogP contribution in [-0.4, -0.2) is 33.6 Å². The van der Waals surface area contributed by atoms with Crippen LogP contribution in [0.25, 0.3) is 4.96 Å². The Labute approximate surface area is 171 Å². The molecule has 0 spiro atoms. The fraction of sp³-hybridized carbons (Fsp3) is 0.368. The van der Waals surface area contributed by atoms with Gasteiger partial charge in [0.05, 0.1) is 0 Å². The predicted octanol–water partition coefficient (Wildman–Crippen LogP) is 3.11.